The highest BCUT2D eigenvalue weighted by Crippen LogP contribution is 2.30. The molecule has 2 aliphatic rings. The molecule has 1 saturated carbocycles. The van der Waals surface area contributed by atoms with Gasteiger partial charge in [-0.3, -0.25) is 9.36 Å². The van der Waals surface area contributed by atoms with Crippen LogP contribution in [0.25, 0.3) is 16.9 Å². The Bertz CT molecular complexity index is 1260. The number of nitrogens with zero attached hydrogens (tertiary/aromatic N) is 6. The number of alkyl halides is 2. The lowest BCUT2D eigenvalue weighted by atomic mass is 9.91. The van der Waals surface area contributed by atoms with E-state index in [9.17, 15) is 13.6 Å². The van der Waals surface area contributed by atoms with Gasteiger partial charge in [-0.1, -0.05) is 12.1 Å². The first-order valence-electron chi connectivity index (χ1n) is 13.1. The topological polar surface area (TPSA) is 100 Å². The molecule has 2 N–H and O–H groups in total. The zero-order valence-electron chi connectivity index (χ0n) is 21.7. The summed E-state index contributed by atoms with van der Waals surface area (Å²) in [5, 5.41) is 6.64. The number of carbonyl (C=O) groups is 1. The van der Waals surface area contributed by atoms with Gasteiger partial charge in [0.15, 0.2) is 5.82 Å². The van der Waals surface area contributed by atoms with E-state index in [2.05, 4.69) is 15.6 Å². The number of anilines is 2. The number of rotatable bonds is 8. The molecule has 0 radical (unpaired) electrons. The van der Waals surface area contributed by atoms with Crippen LogP contribution in [0.5, 0.6) is 0 Å². The summed E-state index contributed by atoms with van der Waals surface area (Å²) >= 11 is 0. The Labute approximate surface area is 220 Å². The second-order valence-electron chi connectivity index (χ2n) is 10.1. The molecule has 12 heteroatoms. The Morgan fingerprint density at radius 2 is 1.89 bits per heavy atom. The van der Waals surface area contributed by atoms with Gasteiger partial charge in [0.05, 0.1) is 30.8 Å². The van der Waals surface area contributed by atoms with Crippen LogP contribution >= 0.6 is 0 Å². The smallest absolute Gasteiger partial charge is 0.296 e. The van der Waals surface area contributed by atoms with Crippen molar-refractivity contribution in [1.29, 1.82) is 0 Å². The first-order chi connectivity index (χ1) is 18.4. The van der Waals surface area contributed by atoms with Gasteiger partial charge in [0.25, 0.3) is 6.43 Å². The number of nitrogens with one attached hydrogen (secondary N) is 2. The van der Waals surface area contributed by atoms with Crippen LogP contribution in [-0.2, 0) is 9.53 Å². The number of para-hydroxylation sites is 2. The predicted molar refractivity (Wildman–Crippen MR) is 141 cm³/mol. The zero-order chi connectivity index (χ0) is 26.6. The third kappa shape index (κ3) is 6.02. The standard InChI is InChI=1S/C26H34F2N8O2/c1-34(2)16-23(37)30-18-7-5-6-17(14-18)29-21-15-22(33-26(32-21)35-10-12-38-13-11-35)36-20-9-4-3-8-19(20)31-25(36)24(27)28/h3-4,8-9,15,17-18,24H,5-7,10-14,16H2,1-2H3,(H,30,37)(H,29,32,33)/t17-,18+/m0/s1. The summed E-state index contributed by atoms with van der Waals surface area (Å²) in [6.45, 7) is 2.66. The molecule has 5 rings (SSSR count). The van der Waals surface area contributed by atoms with Crippen molar-refractivity contribution in [1.82, 2.24) is 29.7 Å². The van der Waals surface area contributed by atoms with Crippen molar-refractivity contribution in [3.05, 3.63) is 36.2 Å². The first-order valence-corrected chi connectivity index (χ1v) is 13.1. The van der Waals surface area contributed by atoms with E-state index in [1.54, 1.807) is 30.3 Å². The van der Waals surface area contributed by atoms with Crippen molar-refractivity contribution in [3.63, 3.8) is 0 Å². The fourth-order valence-corrected chi connectivity index (χ4v) is 5.17. The summed E-state index contributed by atoms with van der Waals surface area (Å²) < 4.78 is 35.1. The van der Waals surface area contributed by atoms with Gasteiger partial charge in [0.2, 0.25) is 11.9 Å². The number of hydrogen-bond donors (Lipinski definition) is 2. The van der Waals surface area contributed by atoms with E-state index in [0.717, 1.165) is 25.7 Å². The number of amides is 1. The molecule has 2 atom stereocenters. The van der Waals surface area contributed by atoms with E-state index >= 15 is 0 Å². The van der Waals surface area contributed by atoms with Crippen molar-refractivity contribution in [2.45, 2.75) is 44.2 Å². The van der Waals surface area contributed by atoms with Crippen LogP contribution in [0.1, 0.15) is 37.9 Å². The highest BCUT2D eigenvalue weighted by atomic mass is 19.3. The monoisotopic (exact) mass is 528 g/mol. The van der Waals surface area contributed by atoms with E-state index in [-0.39, 0.29) is 23.8 Å². The minimum absolute atomic E-state index is 0.00564. The maximum atomic E-state index is 14.1. The minimum Gasteiger partial charge on any atom is -0.378 e. The van der Waals surface area contributed by atoms with Gasteiger partial charge < -0.3 is 25.2 Å². The van der Waals surface area contributed by atoms with Crippen molar-refractivity contribution < 1.29 is 18.3 Å². The molecule has 1 amide bonds. The van der Waals surface area contributed by atoms with Crippen LogP contribution in [0.4, 0.5) is 20.5 Å². The van der Waals surface area contributed by atoms with Crippen LogP contribution in [0, 0.1) is 0 Å². The van der Waals surface area contributed by atoms with Crippen LogP contribution in [0.15, 0.2) is 30.3 Å². The van der Waals surface area contributed by atoms with Gasteiger partial charge in [-0.2, -0.15) is 9.97 Å². The maximum Gasteiger partial charge on any atom is 0.296 e. The SMILES string of the molecule is CN(C)CC(=O)N[C@@H]1CCC[C@H](Nc2cc(-n3c(C(F)F)nc4ccccc43)nc(N3CCOCC3)n2)C1. The van der Waals surface area contributed by atoms with Gasteiger partial charge in [-0.25, -0.2) is 13.8 Å². The average Bonchev–Trinajstić information content (AvgIpc) is 3.29. The number of hydrogen-bond acceptors (Lipinski definition) is 8. The molecule has 0 bridgehead atoms. The highest BCUT2D eigenvalue weighted by molar-refractivity contribution is 5.79. The molecule has 2 fully saturated rings. The molecule has 204 valence electrons. The largest absolute Gasteiger partial charge is 0.378 e. The van der Waals surface area contributed by atoms with Crippen molar-refractivity contribution >= 4 is 28.7 Å². The molecular formula is C26H34F2N8O2. The number of imidazole rings is 1. The normalized spacial score (nSPS) is 20.3. The molecular weight excluding hydrogens is 494 g/mol. The Kier molecular flexibility index (Phi) is 7.98. The fourth-order valence-electron chi connectivity index (χ4n) is 5.17. The summed E-state index contributed by atoms with van der Waals surface area (Å²) in [7, 11) is 3.74. The molecule has 3 aromatic rings. The number of aromatic nitrogens is 4. The maximum absolute atomic E-state index is 14.1. The van der Waals surface area contributed by atoms with Crippen molar-refractivity contribution in [2.24, 2.45) is 0 Å². The number of fused-ring (bicyclic) bond motifs is 1. The second kappa shape index (κ2) is 11.6. The Morgan fingerprint density at radius 1 is 1.13 bits per heavy atom. The van der Waals surface area contributed by atoms with Gasteiger partial charge in [0, 0.05) is 31.2 Å². The number of ether oxygens (including phenoxy) is 1. The van der Waals surface area contributed by atoms with E-state index in [4.69, 9.17) is 14.7 Å². The van der Waals surface area contributed by atoms with Gasteiger partial charge in [-0.15, -0.1) is 0 Å². The van der Waals surface area contributed by atoms with Crippen LogP contribution in [-0.4, -0.2) is 89.4 Å². The molecule has 1 aromatic carbocycles. The molecule has 0 spiro atoms. The number of halogens is 2. The van der Waals surface area contributed by atoms with Crippen LogP contribution < -0.4 is 15.5 Å². The molecule has 38 heavy (non-hydrogen) atoms. The second-order valence-corrected chi connectivity index (χ2v) is 10.1. The Balaban J connectivity index is 1.46. The van der Waals surface area contributed by atoms with Crippen molar-refractivity contribution in [2.75, 3.05) is 57.2 Å². The molecule has 2 aromatic heterocycles. The third-order valence-corrected chi connectivity index (χ3v) is 6.86. The Morgan fingerprint density at radius 3 is 2.66 bits per heavy atom. The summed E-state index contributed by atoms with van der Waals surface area (Å²) in [6.07, 6.45) is 0.778. The number of morpholine rings is 1. The highest BCUT2D eigenvalue weighted by Gasteiger charge is 2.26. The van der Waals surface area contributed by atoms with Crippen molar-refractivity contribution in [3.8, 4) is 5.82 Å². The van der Waals surface area contributed by atoms with Gasteiger partial charge >= 0.3 is 0 Å². The molecule has 1 aliphatic heterocycles. The summed E-state index contributed by atoms with van der Waals surface area (Å²) in [4.78, 5) is 29.8. The van der Waals surface area contributed by atoms with E-state index in [0.29, 0.717) is 61.5 Å². The average molecular weight is 529 g/mol. The van der Waals surface area contributed by atoms with Gasteiger partial charge in [-0.05, 0) is 51.9 Å². The summed E-state index contributed by atoms with van der Waals surface area (Å²) in [6, 6.07) is 8.90. The quantitative estimate of drug-likeness (QED) is 0.460. The lowest BCUT2D eigenvalue weighted by molar-refractivity contribution is -0.122. The van der Waals surface area contributed by atoms with Crippen LogP contribution in [0.2, 0.25) is 0 Å². The number of benzene rings is 1. The zero-order valence-corrected chi connectivity index (χ0v) is 21.7. The van der Waals surface area contributed by atoms with Gasteiger partial charge in [0.1, 0.15) is 11.6 Å². The molecule has 10 nitrogen and oxygen atoms in total. The minimum atomic E-state index is -2.77. The predicted octanol–water partition coefficient (Wildman–Crippen LogP) is 2.99. The molecule has 1 saturated heterocycles. The fraction of sp³-hybridized carbons (Fsp3) is 0.538. The lowest BCUT2D eigenvalue weighted by Gasteiger charge is -2.32. The summed E-state index contributed by atoms with van der Waals surface area (Å²) in [5.74, 6) is 0.994. The third-order valence-electron chi connectivity index (χ3n) is 6.86. The van der Waals surface area contributed by atoms with E-state index < -0.39 is 6.43 Å². The first kappa shape index (κ1) is 26.2. The lowest BCUT2D eigenvalue weighted by Crippen LogP contribution is -2.44. The number of carbonyl (C=O) groups excluding carboxylic acids is 1. The van der Waals surface area contributed by atoms with Crippen LogP contribution in [0.3, 0.4) is 0 Å². The summed E-state index contributed by atoms with van der Waals surface area (Å²) in [5.41, 5.74) is 1.04. The van der Waals surface area contributed by atoms with E-state index in [1.165, 1.54) is 4.57 Å². The molecule has 3 heterocycles. The molecule has 0 unspecified atom stereocenters. The van der Waals surface area contributed by atoms with E-state index in [1.807, 2.05) is 23.9 Å². The Hall–Kier alpha value is -3.38. The number of likely N-dealkylation sites (N-methyl/N-ethyl adjacent to an activating group) is 1. The molecule has 1 aliphatic carbocycles.